The van der Waals surface area contributed by atoms with Gasteiger partial charge >= 0.3 is 0 Å². The molecule has 4 heteroatoms. The number of nitrogens with zero attached hydrogens (tertiary/aromatic N) is 1. The second-order valence-corrected chi connectivity index (χ2v) is 4.35. The molecule has 17 heavy (non-hydrogen) atoms. The van der Waals surface area contributed by atoms with Crippen molar-refractivity contribution in [3.63, 3.8) is 0 Å². The van der Waals surface area contributed by atoms with E-state index in [9.17, 15) is 4.79 Å². The summed E-state index contributed by atoms with van der Waals surface area (Å²) in [7, 11) is 5.07. The average molecular weight is 235 g/mol. The van der Waals surface area contributed by atoms with Crippen molar-refractivity contribution in [3.05, 3.63) is 23.3 Å². The van der Waals surface area contributed by atoms with E-state index in [2.05, 4.69) is 0 Å². The third-order valence-electron chi connectivity index (χ3n) is 3.24. The fourth-order valence-electron chi connectivity index (χ4n) is 2.29. The number of amides is 1. The Kier molecular flexibility index (Phi) is 3.22. The van der Waals surface area contributed by atoms with Gasteiger partial charge in [0.05, 0.1) is 14.2 Å². The Morgan fingerprint density at radius 2 is 2.00 bits per heavy atom. The lowest BCUT2D eigenvalue weighted by Gasteiger charge is -2.33. The van der Waals surface area contributed by atoms with E-state index in [0.717, 1.165) is 30.9 Å². The van der Waals surface area contributed by atoms with Crippen LogP contribution in [0.3, 0.4) is 0 Å². The van der Waals surface area contributed by atoms with Crippen molar-refractivity contribution < 1.29 is 14.3 Å². The predicted octanol–water partition coefficient (Wildman–Crippen LogP) is 1.43. The maximum atomic E-state index is 10.6. The minimum atomic E-state index is 0.417. The van der Waals surface area contributed by atoms with Crippen LogP contribution in [0.15, 0.2) is 12.1 Å². The van der Waals surface area contributed by atoms with Crippen molar-refractivity contribution in [3.8, 4) is 11.5 Å². The van der Waals surface area contributed by atoms with E-state index >= 15 is 0 Å². The Morgan fingerprint density at radius 1 is 1.35 bits per heavy atom. The van der Waals surface area contributed by atoms with Crippen LogP contribution < -0.4 is 9.47 Å². The third-order valence-corrected chi connectivity index (χ3v) is 3.24. The number of benzene rings is 1. The van der Waals surface area contributed by atoms with Gasteiger partial charge in [0.1, 0.15) is 0 Å². The Morgan fingerprint density at radius 3 is 2.59 bits per heavy atom. The van der Waals surface area contributed by atoms with E-state index in [-0.39, 0.29) is 0 Å². The van der Waals surface area contributed by atoms with Crippen LogP contribution >= 0.6 is 0 Å². The summed E-state index contributed by atoms with van der Waals surface area (Å²) in [6.07, 6.45) is 1.85. The number of hydrogen-bond donors (Lipinski definition) is 0. The fourth-order valence-corrected chi connectivity index (χ4v) is 2.29. The summed E-state index contributed by atoms with van der Waals surface area (Å²) in [5, 5.41) is 0. The zero-order valence-electron chi connectivity index (χ0n) is 10.4. The Balaban J connectivity index is 2.20. The largest absolute Gasteiger partial charge is 0.493 e. The van der Waals surface area contributed by atoms with Crippen LogP contribution in [0.2, 0.25) is 0 Å². The molecular formula is C13H17NO3. The molecule has 0 spiro atoms. The summed E-state index contributed by atoms with van der Waals surface area (Å²) in [4.78, 5) is 12.3. The molecule has 0 saturated heterocycles. The first-order chi connectivity index (χ1) is 8.19. The molecule has 0 radical (unpaired) electrons. The van der Waals surface area contributed by atoms with Crippen LogP contribution in [0.25, 0.3) is 0 Å². The van der Waals surface area contributed by atoms with Gasteiger partial charge in [-0.2, -0.15) is 0 Å². The lowest BCUT2D eigenvalue weighted by Crippen LogP contribution is -2.30. The number of rotatable bonds is 5. The normalized spacial score (nSPS) is 16.8. The fraction of sp³-hybridized carbons (Fsp3) is 0.462. The maximum absolute atomic E-state index is 10.6. The van der Waals surface area contributed by atoms with Gasteiger partial charge in [-0.15, -0.1) is 0 Å². The lowest BCUT2D eigenvalue weighted by molar-refractivity contribution is -0.117. The van der Waals surface area contributed by atoms with Crippen molar-refractivity contribution in [2.45, 2.75) is 12.3 Å². The van der Waals surface area contributed by atoms with Crippen LogP contribution in [0.5, 0.6) is 11.5 Å². The summed E-state index contributed by atoms with van der Waals surface area (Å²) in [6, 6.07) is 4.03. The van der Waals surface area contributed by atoms with Crippen LogP contribution in [-0.2, 0) is 11.2 Å². The molecule has 4 nitrogen and oxygen atoms in total. The van der Waals surface area contributed by atoms with E-state index < -0.39 is 0 Å². The third kappa shape index (κ3) is 2.07. The first kappa shape index (κ1) is 11.8. The molecule has 1 atom stereocenters. The second kappa shape index (κ2) is 4.65. The number of carbonyl (C=O) groups is 1. The Hall–Kier alpha value is -1.71. The molecule has 0 aliphatic heterocycles. The lowest BCUT2D eigenvalue weighted by atomic mass is 9.77. The number of carbonyl (C=O) groups excluding carboxylic acids is 1. The van der Waals surface area contributed by atoms with Crippen LogP contribution in [-0.4, -0.2) is 39.1 Å². The SMILES string of the molecule is COc1cc2c(cc1OC)C(CN(C)C=O)C2. The van der Waals surface area contributed by atoms with Gasteiger partial charge in [0.25, 0.3) is 0 Å². The topological polar surface area (TPSA) is 38.8 Å². The molecule has 0 fully saturated rings. The zero-order chi connectivity index (χ0) is 12.4. The van der Waals surface area contributed by atoms with Crippen molar-refractivity contribution in [2.75, 3.05) is 27.8 Å². The molecule has 2 rings (SSSR count). The highest BCUT2D eigenvalue weighted by Gasteiger charge is 2.29. The summed E-state index contributed by atoms with van der Waals surface area (Å²) in [6.45, 7) is 0.756. The van der Waals surface area contributed by atoms with Gasteiger partial charge in [-0.25, -0.2) is 0 Å². The minimum Gasteiger partial charge on any atom is -0.493 e. The van der Waals surface area contributed by atoms with Crippen LogP contribution in [0.4, 0.5) is 0 Å². The highest BCUT2D eigenvalue weighted by atomic mass is 16.5. The predicted molar refractivity (Wildman–Crippen MR) is 64.7 cm³/mol. The van der Waals surface area contributed by atoms with Gasteiger partial charge in [-0.05, 0) is 29.7 Å². The van der Waals surface area contributed by atoms with Crippen molar-refractivity contribution in [1.29, 1.82) is 0 Å². The monoisotopic (exact) mass is 235 g/mol. The van der Waals surface area contributed by atoms with E-state index in [4.69, 9.17) is 9.47 Å². The number of hydrogen-bond acceptors (Lipinski definition) is 3. The van der Waals surface area contributed by atoms with Gasteiger partial charge in [-0.1, -0.05) is 0 Å². The summed E-state index contributed by atoms with van der Waals surface area (Å²) in [5.41, 5.74) is 2.54. The average Bonchev–Trinajstić information content (AvgIpc) is 2.34. The molecule has 1 aromatic rings. The zero-order valence-corrected chi connectivity index (χ0v) is 10.4. The minimum absolute atomic E-state index is 0.417. The molecule has 0 bridgehead atoms. The highest BCUT2D eigenvalue weighted by Crippen LogP contribution is 2.42. The molecule has 1 aromatic carbocycles. The number of methoxy groups -OCH3 is 2. The van der Waals surface area contributed by atoms with E-state index in [0.29, 0.717) is 5.92 Å². The van der Waals surface area contributed by atoms with Crippen molar-refractivity contribution in [2.24, 2.45) is 0 Å². The van der Waals surface area contributed by atoms with Gasteiger partial charge in [-0.3, -0.25) is 4.79 Å². The van der Waals surface area contributed by atoms with Gasteiger partial charge in [0.2, 0.25) is 6.41 Å². The van der Waals surface area contributed by atoms with Crippen LogP contribution in [0.1, 0.15) is 17.0 Å². The van der Waals surface area contributed by atoms with Crippen molar-refractivity contribution in [1.82, 2.24) is 4.90 Å². The summed E-state index contributed by atoms with van der Waals surface area (Å²) in [5.74, 6) is 1.94. The molecule has 1 aliphatic rings. The molecule has 0 heterocycles. The number of fused-ring (bicyclic) bond motifs is 1. The van der Waals surface area contributed by atoms with E-state index in [1.165, 1.54) is 11.1 Å². The summed E-state index contributed by atoms with van der Waals surface area (Å²) < 4.78 is 10.5. The maximum Gasteiger partial charge on any atom is 0.209 e. The Labute approximate surface area is 101 Å². The van der Waals surface area contributed by atoms with E-state index in [1.54, 1.807) is 26.2 Å². The summed E-state index contributed by atoms with van der Waals surface area (Å²) >= 11 is 0. The molecular weight excluding hydrogens is 218 g/mol. The highest BCUT2D eigenvalue weighted by molar-refractivity contribution is 5.54. The molecule has 0 N–H and O–H groups in total. The van der Waals surface area contributed by atoms with E-state index in [1.807, 2.05) is 12.1 Å². The second-order valence-electron chi connectivity index (χ2n) is 4.35. The molecule has 0 saturated carbocycles. The molecule has 92 valence electrons. The smallest absolute Gasteiger partial charge is 0.209 e. The van der Waals surface area contributed by atoms with Crippen molar-refractivity contribution >= 4 is 6.41 Å². The first-order valence-electron chi connectivity index (χ1n) is 5.60. The van der Waals surface area contributed by atoms with Gasteiger partial charge in [0, 0.05) is 19.5 Å². The van der Waals surface area contributed by atoms with Crippen LogP contribution in [0, 0.1) is 0 Å². The van der Waals surface area contributed by atoms with Gasteiger partial charge < -0.3 is 14.4 Å². The van der Waals surface area contributed by atoms with Gasteiger partial charge in [0.15, 0.2) is 11.5 Å². The Bertz CT molecular complexity index is 431. The molecule has 1 aliphatic carbocycles. The molecule has 1 unspecified atom stereocenters. The molecule has 0 aromatic heterocycles. The standard InChI is InChI=1S/C13H17NO3/c1-14(8-15)7-10-4-9-5-12(16-2)13(17-3)6-11(9)10/h5-6,8,10H,4,7H2,1-3H3. The number of likely N-dealkylation sites (N-methyl/N-ethyl adjacent to an activating group) is 1. The molecule has 1 amide bonds. The number of ether oxygens (including phenoxy) is 2. The quantitative estimate of drug-likeness (QED) is 0.725. The first-order valence-corrected chi connectivity index (χ1v) is 5.60.